The minimum absolute atomic E-state index is 0.392. The van der Waals surface area contributed by atoms with Gasteiger partial charge in [0.2, 0.25) is 5.91 Å². The quantitative estimate of drug-likeness (QED) is 0.286. The van der Waals surface area contributed by atoms with E-state index in [1.54, 1.807) is 6.07 Å². The van der Waals surface area contributed by atoms with Crippen LogP contribution in [0.2, 0.25) is 0 Å². The predicted molar refractivity (Wildman–Crippen MR) is 152 cm³/mol. The number of aryl methyl sites for hydroxylation is 1. The van der Waals surface area contributed by atoms with E-state index in [9.17, 15) is 10.1 Å². The first kappa shape index (κ1) is 28.4. The first-order valence-corrected chi connectivity index (χ1v) is 13.8. The van der Waals surface area contributed by atoms with E-state index in [1.165, 1.54) is 5.56 Å². The van der Waals surface area contributed by atoms with Crippen LogP contribution in [-0.4, -0.2) is 81.5 Å². The van der Waals surface area contributed by atoms with E-state index >= 15 is 0 Å². The highest BCUT2D eigenvalue weighted by molar-refractivity contribution is 5.97. The summed E-state index contributed by atoms with van der Waals surface area (Å²) in [5.41, 5.74) is 9.76. The number of benzene rings is 2. The number of aromatic amines is 1. The Morgan fingerprint density at radius 2 is 1.85 bits per heavy atom. The van der Waals surface area contributed by atoms with Crippen molar-refractivity contribution in [3.8, 4) is 11.8 Å². The molecule has 0 unspecified atom stereocenters. The number of anilines is 1. The van der Waals surface area contributed by atoms with Crippen LogP contribution in [-0.2, 0) is 15.9 Å². The molecule has 3 aromatic rings. The Balaban J connectivity index is 1.21. The molecule has 1 fully saturated rings. The number of nitrogens with two attached hydrogens (primary N) is 1. The van der Waals surface area contributed by atoms with Crippen LogP contribution >= 0.6 is 0 Å². The number of fused-ring (bicyclic) bond motifs is 1. The molecule has 2 heterocycles. The lowest BCUT2D eigenvalue weighted by Gasteiger charge is -2.36. The number of unbranched alkanes of at least 4 members (excludes halogenated alkanes) is 1. The number of hydrogen-bond donors (Lipinski definition) is 2. The van der Waals surface area contributed by atoms with Gasteiger partial charge in [0.25, 0.3) is 0 Å². The maximum atomic E-state index is 11.5. The molecule has 1 aromatic heterocycles. The fourth-order valence-electron chi connectivity index (χ4n) is 4.99. The third-order valence-corrected chi connectivity index (χ3v) is 7.11. The number of amides is 1. The first-order chi connectivity index (χ1) is 19.1. The molecule has 4 rings (SSSR count). The third-order valence-electron chi connectivity index (χ3n) is 7.11. The standard InChI is InChI=1S/C30H39N5O4/c1-2-37-16-17-38-18-19-39-29-8-5-7-28(26(29)21-31)35-14-12-34(13-15-35)11-4-3-6-24-22-33-27-10-9-23(30(32)36)20-25(24)27/h5,7-10,20,22,33H,2-4,6,11-19H2,1H3,(H2,32,36). The minimum Gasteiger partial charge on any atom is -0.490 e. The topological polar surface area (TPSA) is 117 Å². The van der Waals surface area contributed by atoms with Crippen molar-refractivity contribution < 1.29 is 19.0 Å². The molecule has 0 saturated carbocycles. The Kier molecular flexibility index (Phi) is 10.6. The number of primary amides is 1. The van der Waals surface area contributed by atoms with E-state index in [2.05, 4.69) is 20.9 Å². The van der Waals surface area contributed by atoms with Crippen LogP contribution in [0, 0.1) is 11.3 Å². The maximum absolute atomic E-state index is 11.5. The van der Waals surface area contributed by atoms with E-state index in [0.29, 0.717) is 49.9 Å². The molecule has 0 aliphatic carbocycles. The van der Waals surface area contributed by atoms with Crippen LogP contribution in [0.1, 0.15) is 41.3 Å². The molecular weight excluding hydrogens is 494 g/mol. The average Bonchev–Trinajstić information content (AvgIpc) is 3.37. The Labute approximate surface area is 230 Å². The van der Waals surface area contributed by atoms with Crippen LogP contribution in [0.3, 0.4) is 0 Å². The molecule has 1 amide bonds. The fourth-order valence-corrected chi connectivity index (χ4v) is 4.99. The average molecular weight is 534 g/mol. The molecule has 0 spiro atoms. The van der Waals surface area contributed by atoms with Crippen LogP contribution in [0.4, 0.5) is 5.69 Å². The summed E-state index contributed by atoms with van der Waals surface area (Å²) in [7, 11) is 0. The number of nitriles is 1. The van der Waals surface area contributed by atoms with Gasteiger partial charge in [-0.2, -0.15) is 5.26 Å². The SMILES string of the molecule is CCOCCOCCOc1cccc(N2CCN(CCCCc3c[nH]c4ccc(C(N)=O)cc34)CC2)c1C#N. The van der Waals surface area contributed by atoms with Crippen molar-refractivity contribution in [2.75, 3.05) is 70.7 Å². The smallest absolute Gasteiger partial charge is 0.248 e. The summed E-state index contributed by atoms with van der Waals surface area (Å²) in [5.74, 6) is 0.203. The second-order valence-electron chi connectivity index (χ2n) is 9.64. The van der Waals surface area contributed by atoms with Gasteiger partial charge in [0, 0.05) is 55.4 Å². The zero-order valence-corrected chi connectivity index (χ0v) is 22.8. The molecule has 3 N–H and O–H groups in total. The van der Waals surface area contributed by atoms with Gasteiger partial charge >= 0.3 is 0 Å². The van der Waals surface area contributed by atoms with Crippen molar-refractivity contribution in [2.24, 2.45) is 5.73 Å². The minimum atomic E-state index is -0.400. The predicted octanol–water partition coefficient (Wildman–Crippen LogP) is 3.72. The van der Waals surface area contributed by atoms with E-state index in [0.717, 1.165) is 68.6 Å². The van der Waals surface area contributed by atoms with E-state index in [4.69, 9.17) is 19.9 Å². The fraction of sp³-hybridized carbons (Fsp3) is 0.467. The van der Waals surface area contributed by atoms with E-state index < -0.39 is 5.91 Å². The Bertz CT molecular complexity index is 1260. The van der Waals surface area contributed by atoms with E-state index in [-0.39, 0.29) is 0 Å². The molecule has 1 aliphatic heterocycles. The second-order valence-corrected chi connectivity index (χ2v) is 9.64. The van der Waals surface area contributed by atoms with Crippen LogP contribution < -0.4 is 15.4 Å². The summed E-state index contributed by atoms with van der Waals surface area (Å²) in [6.45, 7) is 9.29. The number of rotatable bonds is 15. The lowest BCUT2D eigenvalue weighted by atomic mass is 10.0. The van der Waals surface area contributed by atoms with Gasteiger partial charge in [0.1, 0.15) is 24.0 Å². The molecule has 208 valence electrons. The third kappa shape index (κ3) is 7.73. The van der Waals surface area contributed by atoms with Crippen molar-refractivity contribution in [1.82, 2.24) is 9.88 Å². The zero-order valence-electron chi connectivity index (χ0n) is 22.8. The number of ether oxygens (including phenoxy) is 3. The van der Waals surface area contributed by atoms with Crippen LogP contribution in [0.25, 0.3) is 10.9 Å². The molecule has 39 heavy (non-hydrogen) atoms. The highest BCUT2D eigenvalue weighted by Crippen LogP contribution is 2.29. The van der Waals surface area contributed by atoms with Crippen molar-refractivity contribution in [1.29, 1.82) is 5.26 Å². The van der Waals surface area contributed by atoms with Crippen molar-refractivity contribution in [3.63, 3.8) is 0 Å². The number of piperazine rings is 1. The molecule has 2 aromatic carbocycles. The number of carbonyl (C=O) groups excluding carboxylic acids is 1. The van der Waals surface area contributed by atoms with Crippen molar-refractivity contribution in [2.45, 2.75) is 26.2 Å². The molecule has 0 bridgehead atoms. The number of hydrogen-bond acceptors (Lipinski definition) is 7. The molecule has 9 nitrogen and oxygen atoms in total. The van der Waals surface area contributed by atoms with Gasteiger partial charge in [-0.3, -0.25) is 9.69 Å². The Morgan fingerprint density at radius 1 is 1.05 bits per heavy atom. The summed E-state index contributed by atoms with van der Waals surface area (Å²) in [4.78, 5) is 19.6. The highest BCUT2D eigenvalue weighted by atomic mass is 16.5. The van der Waals surface area contributed by atoms with Gasteiger partial charge in [-0.1, -0.05) is 6.07 Å². The van der Waals surface area contributed by atoms with Gasteiger partial charge in [-0.15, -0.1) is 0 Å². The summed E-state index contributed by atoms with van der Waals surface area (Å²) in [6, 6.07) is 13.7. The number of carbonyl (C=O) groups is 1. The van der Waals surface area contributed by atoms with Crippen LogP contribution in [0.5, 0.6) is 5.75 Å². The largest absolute Gasteiger partial charge is 0.490 e. The molecule has 1 aliphatic rings. The normalized spacial score (nSPS) is 14.0. The summed E-state index contributed by atoms with van der Waals surface area (Å²) in [5, 5.41) is 10.9. The van der Waals surface area contributed by atoms with Gasteiger partial charge in [0.05, 0.1) is 25.5 Å². The van der Waals surface area contributed by atoms with Crippen molar-refractivity contribution in [3.05, 3.63) is 59.3 Å². The second kappa shape index (κ2) is 14.5. The monoisotopic (exact) mass is 533 g/mol. The molecule has 1 saturated heterocycles. The van der Waals surface area contributed by atoms with Gasteiger partial charge in [-0.25, -0.2) is 0 Å². The molecular formula is C30H39N5O4. The summed E-state index contributed by atoms with van der Waals surface area (Å²) < 4.78 is 16.7. The zero-order chi connectivity index (χ0) is 27.5. The number of nitrogens with zero attached hydrogens (tertiary/aromatic N) is 3. The van der Waals surface area contributed by atoms with Crippen LogP contribution in [0.15, 0.2) is 42.6 Å². The molecule has 9 heteroatoms. The summed E-state index contributed by atoms with van der Waals surface area (Å²) >= 11 is 0. The Morgan fingerprint density at radius 3 is 2.62 bits per heavy atom. The lowest BCUT2D eigenvalue weighted by molar-refractivity contribution is 0.0404. The Hall–Kier alpha value is -3.58. The van der Waals surface area contributed by atoms with E-state index in [1.807, 2.05) is 43.5 Å². The van der Waals surface area contributed by atoms with Gasteiger partial charge < -0.3 is 29.8 Å². The number of H-pyrrole nitrogens is 1. The number of aromatic nitrogens is 1. The van der Waals surface area contributed by atoms with Crippen molar-refractivity contribution >= 4 is 22.5 Å². The maximum Gasteiger partial charge on any atom is 0.248 e. The molecule has 0 atom stereocenters. The number of nitrogens with one attached hydrogen (secondary N) is 1. The highest BCUT2D eigenvalue weighted by Gasteiger charge is 2.21. The van der Waals surface area contributed by atoms with Gasteiger partial charge in [0.15, 0.2) is 0 Å². The molecule has 0 radical (unpaired) electrons. The summed E-state index contributed by atoms with van der Waals surface area (Å²) in [6.07, 6.45) is 5.16. The lowest BCUT2D eigenvalue weighted by Crippen LogP contribution is -2.46. The first-order valence-electron chi connectivity index (χ1n) is 13.8. The van der Waals surface area contributed by atoms with Gasteiger partial charge in [-0.05, 0) is 68.6 Å².